The Morgan fingerprint density at radius 3 is 2.39 bits per heavy atom. The van der Waals surface area contributed by atoms with Crippen LogP contribution in [0.3, 0.4) is 0 Å². The number of ether oxygens (including phenoxy) is 1. The van der Waals surface area contributed by atoms with Crippen molar-refractivity contribution in [1.82, 2.24) is 9.80 Å². The molecule has 1 N–H and O–H groups in total. The van der Waals surface area contributed by atoms with E-state index >= 15 is 0 Å². The molecule has 1 aliphatic carbocycles. The third-order valence-electron chi connectivity index (χ3n) is 6.82. The Morgan fingerprint density at radius 2 is 1.82 bits per heavy atom. The van der Waals surface area contributed by atoms with Crippen LogP contribution in [0.4, 0.5) is 10.5 Å². The summed E-state index contributed by atoms with van der Waals surface area (Å²) < 4.78 is 5.55. The van der Waals surface area contributed by atoms with Crippen molar-refractivity contribution in [3.05, 3.63) is 29.3 Å². The van der Waals surface area contributed by atoms with Crippen molar-refractivity contribution in [2.45, 2.75) is 84.6 Å². The van der Waals surface area contributed by atoms with Crippen molar-refractivity contribution in [3.8, 4) is 0 Å². The minimum absolute atomic E-state index is 0.00105. The quantitative estimate of drug-likeness (QED) is 0.738. The second-order valence-corrected chi connectivity index (χ2v) is 10.8. The standard InChI is InChI=1S/C26H41N3O4/c1-18-15-22(27(6)24(31)20-8-11-23(30)12-9-20)10-7-21(18)17-28-13-14-29(19(2)16-28)25(32)33-26(3,4)5/h7,10,15,19-20,23,30H,8-9,11-14,16-17H2,1-6H3/t19-,20?,23?/m0/s1. The van der Waals surface area contributed by atoms with Crippen LogP contribution in [0.5, 0.6) is 0 Å². The summed E-state index contributed by atoms with van der Waals surface area (Å²) >= 11 is 0. The van der Waals surface area contributed by atoms with Crippen LogP contribution in [-0.4, -0.2) is 71.3 Å². The van der Waals surface area contributed by atoms with Crippen molar-refractivity contribution < 1.29 is 19.4 Å². The molecular formula is C26H41N3O4. The highest BCUT2D eigenvalue weighted by atomic mass is 16.6. The zero-order valence-electron chi connectivity index (χ0n) is 21.1. The van der Waals surface area contributed by atoms with Gasteiger partial charge in [-0.25, -0.2) is 4.79 Å². The Morgan fingerprint density at radius 1 is 1.15 bits per heavy atom. The number of aliphatic hydroxyl groups is 1. The van der Waals surface area contributed by atoms with Gasteiger partial charge in [0.05, 0.1) is 6.10 Å². The fourth-order valence-electron chi connectivity index (χ4n) is 4.80. The summed E-state index contributed by atoms with van der Waals surface area (Å²) in [7, 11) is 1.85. The molecule has 1 aromatic rings. The lowest BCUT2D eigenvalue weighted by molar-refractivity contribution is -0.123. The Kier molecular flexibility index (Phi) is 8.06. The second kappa shape index (κ2) is 10.4. The van der Waals surface area contributed by atoms with Crippen LogP contribution in [0.15, 0.2) is 18.2 Å². The van der Waals surface area contributed by atoms with Gasteiger partial charge in [0.15, 0.2) is 0 Å². The molecule has 7 nitrogen and oxygen atoms in total. The molecule has 1 aliphatic heterocycles. The molecule has 1 saturated carbocycles. The van der Waals surface area contributed by atoms with Crippen LogP contribution >= 0.6 is 0 Å². The van der Waals surface area contributed by atoms with Gasteiger partial charge in [0.1, 0.15) is 5.60 Å². The number of aryl methyl sites for hydroxylation is 1. The highest BCUT2D eigenvalue weighted by Crippen LogP contribution is 2.28. The first-order chi connectivity index (χ1) is 15.4. The number of carbonyl (C=O) groups is 2. The predicted octanol–water partition coefficient (Wildman–Crippen LogP) is 3.95. The summed E-state index contributed by atoms with van der Waals surface area (Å²) in [6, 6.07) is 6.32. The Bertz CT molecular complexity index is 842. The van der Waals surface area contributed by atoms with Gasteiger partial charge in [-0.05, 0) is 83.6 Å². The summed E-state index contributed by atoms with van der Waals surface area (Å²) in [6.45, 7) is 12.9. The van der Waals surface area contributed by atoms with Gasteiger partial charge in [0.2, 0.25) is 5.91 Å². The number of hydrogen-bond acceptors (Lipinski definition) is 5. The van der Waals surface area contributed by atoms with Gasteiger partial charge in [-0.2, -0.15) is 0 Å². The fraction of sp³-hybridized carbons (Fsp3) is 0.692. The summed E-state index contributed by atoms with van der Waals surface area (Å²) in [5, 5.41) is 9.71. The molecule has 1 aromatic carbocycles. The normalized spacial score (nSPS) is 24.5. The molecule has 0 aromatic heterocycles. The van der Waals surface area contributed by atoms with E-state index in [1.807, 2.05) is 38.8 Å². The first-order valence-corrected chi connectivity index (χ1v) is 12.2. The second-order valence-electron chi connectivity index (χ2n) is 10.8. The van der Waals surface area contributed by atoms with Crippen LogP contribution in [0.25, 0.3) is 0 Å². The maximum atomic E-state index is 12.9. The minimum Gasteiger partial charge on any atom is -0.444 e. The van der Waals surface area contributed by atoms with Crippen LogP contribution in [0.1, 0.15) is 64.5 Å². The monoisotopic (exact) mass is 459 g/mol. The third-order valence-corrected chi connectivity index (χ3v) is 6.82. The van der Waals surface area contributed by atoms with Crippen molar-refractivity contribution in [2.24, 2.45) is 5.92 Å². The van der Waals surface area contributed by atoms with Gasteiger partial charge in [-0.1, -0.05) is 6.07 Å². The van der Waals surface area contributed by atoms with E-state index in [-0.39, 0.29) is 30.1 Å². The zero-order valence-corrected chi connectivity index (χ0v) is 21.1. The van der Waals surface area contributed by atoms with Gasteiger partial charge >= 0.3 is 6.09 Å². The Labute approximate surface area is 198 Å². The number of piperazine rings is 1. The average molecular weight is 460 g/mol. The molecule has 3 rings (SSSR count). The van der Waals surface area contributed by atoms with E-state index < -0.39 is 5.60 Å². The van der Waals surface area contributed by atoms with Gasteiger partial charge in [-0.3, -0.25) is 9.69 Å². The predicted molar refractivity (Wildman–Crippen MR) is 130 cm³/mol. The largest absolute Gasteiger partial charge is 0.444 e. The molecule has 1 atom stereocenters. The molecule has 0 unspecified atom stereocenters. The van der Waals surface area contributed by atoms with E-state index in [4.69, 9.17) is 4.74 Å². The van der Waals surface area contributed by atoms with E-state index in [1.165, 1.54) is 5.56 Å². The maximum Gasteiger partial charge on any atom is 0.410 e. The molecule has 2 amide bonds. The highest BCUT2D eigenvalue weighted by Gasteiger charge is 2.31. The minimum atomic E-state index is -0.487. The first-order valence-electron chi connectivity index (χ1n) is 12.2. The molecule has 2 fully saturated rings. The molecule has 33 heavy (non-hydrogen) atoms. The van der Waals surface area contributed by atoms with E-state index in [1.54, 1.807) is 4.90 Å². The van der Waals surface area contributed by atoms with E-state index in [0.717, 1.165) is 43.7 Å². The summed E-state index contributed by atoms with van der Waals surface area (Å²) in [6.07, 6.45) is 2.44. The molecule has 2 aliphatic rings. The lowest BCUT2D eigenvalue weighted by Gasteiger charge is -2.40. The van der Waals surface area contributed by atoms with Crippen molar-refractivity contribution in [2.75, 3.05) is 31.6 Å². The number of nitrogens with zero attached hydrogens (tertiary/aromatic N) is 3. The summed E-state index contributed by atoms with van der Waals surface area (Å²) in [5.74, 6) is 0.141. The fourth-order valence-corrected chi connectivity index (χ4v) is 4.80. The van der Waals surface area contributed by atoms with Gasteiger partial charge < -0.3 is 19.6 Å². The third kappa shape index (κ3) is 6.70. The number of carbonyl (C=O) groups excluding carboxylic acids is 2. The van der Waals surface area contributed by atoms with Crippen molar-refractivity contribution in [3.63, 3.8) is 0 Å². The SMILES string of the molecule is Cc1cc(N(C)C(=O)C2CCC(O)CC2)ccc1CN1CCN(C(=O)OC(C)(C)C)[C@@H](C)C1. The summed E-state index contributed by atoms with van der Waals surface area (Å²) in [4.78, 5) is 31.3. The molecule has 0 radical (unpaired) electrons. The van der Waals surface area contributed by atoms with Gasteiger partial charge in [0.25, 0.3) is 0 Å². The molecule has 0 bridgehead atoms. The van der Waals surface area contributed by atoms with Gasteiger partial charge in [0, 0.05) is 50.9 Å². The maximum absolute atomic E-state index is 12.9. The van der Waals surface area contributed by atoms with Crippen LogP contribution in [0, 0.1) is 12.8 Å². The van der Waals surface area contributed by atoms with Crippen LogP contribution in [0.2, 0.25) is 0 Å². The molecule has 1 heterocycles. The van der Waals surface area contributed by atoms with Gasteiger partial charge in [-0.15, -0.1) is 0 Å². The molecule has 184 valence electrons. The average Bonchev–Trinajstić information content (AvgIpc) is 2.73. The van der Waals surface area contributed by atoms with Crippen molar-refractivity contribution >= 4 is 17.7 Å². The lowest BCUT2D eigenvalue weighted by Crippen LogP contribution is -2.54. The highest BCUT2D eigenvalue weighted by molar-refractivity contribution is 5.94. The number of benzene rings is 1. The van der Waals surface area contributed by atoms with Crippen LogP contribution in [-0.2, 0) is 16.1 Å². The van der Waals surface area contributed by atoms with Crippen molar-refractivity contribution in [1.29, 1.82) is 0 Å². The summed E-state index contributed by atoms with van der Waals surface area (Å²) in [5.41, 5.74) is 2.82. The topological polar surface area (TPSA) is 73.3 Å². The molecule has 1 saturated heterocycles. The molecule has 0 spiro atoms. The Balaban J connectivity index is 1.57. The molecular weight excluding hydrogens is 418 g/mol. The van der Waals surface area contributed by atoms with Crippen LogP contribution < -0.4 is 4.90 Å². The molecule has 7 heteroatoms. The number of anilines is 1. The first kappa shape index (κ1) is 25.5. The zero-order chi connectivity index (χ0) is 24.3. The number of amides is 2. The van der Waals surface area contributed by atoms with E-state index in [9.17, 15) is 14.7 Å². The van der Waals surface area contributed by atoms with E-state index in [0.29, 0.717) is 19.4 Å². The smallest absolute Gasteiger partial charge is 0.410 e. The lowest BCUT2D eigenvalue weighted by atomic mass is 9.86. The Hall–Kier alpha value is -2.12. The number of rotatable bonds is 4. The number of hydrogen-bond donors (Lipinski definition) is 1. The van der Waals surface area contributed by atoms with E-state index in [2.05, 4.69) is 30.9 Å². The number of aliphatic hydroxyl groups excluding tert-OH is 1.